The molecule has 0 spiro atoms. The summed E-state index contributed by atoms with van der Waals surface area (Å²) in [4.78, 5) is 12.3. The van der Waals surface area contributed by atoms with E-state index in [2.05, 4.69) is 0 Å². The van der Waals surface area contributed by atoms with E-state index < -0.39 is 5.63 Å². The summed E-state index contributed by atoms with van der Waals surface area (Å²) >= 11 is 0. The number of hydrogen-bond donors (Lipinski definition) is 0. The third-order valence-electron chi connectivity index (χ3n) is 3.36. The lowest BCUT2D eigenvalue weighted by molar-refractivity contribution is 0.246. The first-order chi connectivity index (χ1) is 10.8. The summed E-state index contributed by atoms with van der Waals surface area (Å²) in [6.07, 6.45) is 0. The lowest BCUT2D eigenvalue weighted by Crippen LogP contribution is -2.06. The quantitative estimate of drug-likeness (QED) is 0.716. The predicted octanol–water partition coefficient (Wildman–Crippen LogP) is 4.37. The van der Waals surface area contributed by atoms with E-state index in [4.69, 9.17) is 9.15 Å². The van der Waals surface area contributed by atoms with Crippen LogP contribution in [-0.4, -0.2) is 6.61 Å². The Morgan fingerprint density at radius 2 is 1.41 bits per heavy atom. The highest BCUT2D eigenvalue weighted by molar-refractivity contribution is 5.74. The minimum absolute atomic E-state index is 0.262. The summed E-state index contributed by atoms with van der Waals surface area (Å²) in [5, 5.41) is 0. The Morgan fingerprint density at radius 3 is 1.95 bits per heavy atom. The van der Waals surface area contributed by atoms with E-state index in [9.17, 15) is 4.79 Å². The molecule has 3 aromatic rings. The van der Waals surface area contributed by atoms with Gasteiger partial charge in [0.05, 0.1) is 17.7 Å². The van der Waals surface area contributed by atoms with Crippen LogP contribution >= 0.6 is 0 Å². The predicted molar refractivity (Wildman–Crippen MR) is 87.0 cm³/mol. The van der Waals surface area contributed by atoms with Crippen LogP contribution in [0.1, 0.15) is 6.92 Å². The summed E-state index contributed by atoms with van der Waals surface area (Å²) in [6, 6.07) is 21.1. The zero-order valence-electron chi connectivity index (χ0n) is 12.3. The van der Waals surface area contributed by atoms with Crippen molar-refractivity contribution in [3.63, 3.8) is 0 Å². The Bertz CT molecular complexity index is 805. The summed E-state index contributed by atoms with van der Waals surface area (Å²) in [7, 11) is 0. The van der Waals surface area contributed by atoms with Crippen molar-refractivity contribution >= 4 is 0 Å². The maximum atomic E-state index is 12.3. The maximum Gasteiger partial charge on any atom is 0.346 e. The van der Waals surface area contributed by atoms with Crippen molar-refractivity contribution < 1.29 is 9.15 Å². The molecule has 0 saturated carbocycles. The van der Waals surface area contributed by atoms with Gasteiger partial charge in [-0.25, -0.2) is 4.79 Å². The van der Waals surface area contributed by atoms with Gasteiger partial charge in [-0.05, 0) is 24.1 Å². The van der Waals surface area contributed by atoms with E-state index in [-0.39, 0.29) is 5.95 Å². The fourth-order valence-electron chi connectivity index (χ4n) is 2.33. The molecule has 0 fully saturated rings. The molecule has 110 valence electrons. The molecule has 0 saturated heterocycles. The van der Waals surface area contributed by atoms with E-state index in [1.165, 1.54) is 0 Å². The molecule has 1 heterocycles. The maximum absolute atomic E-state index is 12.3. The van der Waals surface area contributed by atoms with Crippen molar-refractivity contribution in [2.75, 3.05) is 6.61 Å². The van der Waals surface area contributed by atoms with Crippen molar-refractivity contribution in [1.82, 2.24) is 0 Å². The number of ether oxygens (including phenoxy) is 1. The second-order valence-corrected chi connectivity index (χ2v) is 4.81. The molecule has 0 aliphatic carbocycles. The molecule has 0 atom stereocenters. The van der Waals surface area contributed by atoms with E-state index in [0.29, 0.717) is 12.2 Å². The van der Waals surface area contributed by atoms with Crippen LogP contribution in [0.3, 0.4) is 0 Å². The largest absolute Gasteiger partial charge is 0.465 e. The van der Waals surface area contributed by atoms with Gasteiger partial charge in [-0.3, -0.25) is 0 Å². The molecule has 0 bridgehead atoms. The van der Waals surface area contributed by atoms with Crippen LogP contribution in [0.5, 0.6) is 5.95 Å². The standard InChI is InChI=1S/C19H16O3/c1-2-21-19-17(15-11-7-4-8-12-15)13-16(18(20)22-19)14-9-5-3-6-10-14/h3-13H,2H2,1H3. The Labute approximate surface area is 128 Å². The summed E-state index contributed by atoms with van der Waals surface area (Å²) in [5.74, 6) is 0.262. The lowest BCUT2D eigenvalue weighted by Gasteiger charge is -2.10. The van der Waals surface area contributed by atoms with Gasteiger partial charge in [-0.2, -0.15) is 0 Å². The molecule has 22 heavy (non-hydrogen) atoms. The molecule has 3 rings (SSSR count). The normalized spacial score (nSPS) is 10.4. The van der Waals surface area contributed by atoms with Crippen LogP contribution < -0.4 is 10.4 Å². The second-order valence-electron chi connectivity index (χ2n) is 4.81. The van der Waals surface area contributed by atoms with E-state index in [0.717, 1.165) is 16.7 Å². The lowest BCUT2D eigenvalue weighted by atomic mass is 10.0. The molecule has 0 N–H and O–H groups in total. The molecular weight excluding hydrogens is 276 g/mol. The molecule has 1 aromatic heterocycles. The highest BCUT2D eigenvalue weighted by Gasteiger charge is 2.15. The molecule has 3 heteroatoms. The highest BCUT2D eigenvalue weighted by atomic mass is 16.6. The van der Waals surface area contributed by atoms with E-state index in [1.807, 2.05) is 73.7 Å². The van der Waals surface area contributed by atoms with Crippen LogP contribution in [0.15, 0.2) is 75.9 Å². The van der Waals surface area contributed by atoms with Gasteiger partial charge >= 0.3 is 5.63 Å². The smallest absolute Gasteiger partial charge is 0.346 e. The van der Waals surface area contributed by atoms with Crippen LogP contribution in [-0.2, 0) is 0 Å². The topological polar surface area (TPSA) is 39.4 Å². The fourth-order valence-corrected chi connectivity index (χ4v) is 2.33. The molecule has 0 unspecified atom stereocenters. The minimum Gasteiger partial charge on any atom is -0.465 e. The SMILES string of the molecule is CCOc1oc(=O)c(-c2ccccc2)cc1-c1ccccc1. The molecule has 2 aromatic carbocycles. The van der Waals surface area contributed by atoms with Gasteiger partial charge in [-0.1, -0.05) is 60.7 Å². The zero-order chi connectivity index (χ0) is 15.4. The Balaban J connectivity index is 2.21. The van der Waals surface area contributed by atoms with Crippen molar-refractivity contribution in [3.05, 3.63) is 77.2 Å². The van der Waals surface area contributed by atoms with Gasteiger partial charge in [0.15, 0.2) is 0 Å². The first-order valence-corrected chi connectivity index (χ1v) is 7.21. The van der Waals surface area contributed by atoms with E-state index in [1.54, 1.807) is 0 Å². The third kappa shape index (κ3) is 2.79. The first-order valence-electron chi connectivity index (χ1n) is 7.21. The number of benzene rings is 2. The molecule has 3 nitrogen and oxygen atoms in total. The highest BCUT2D eigenvalue weighted by Crippen LogP contribution is 2.32. The zero-order valence-corrected chi connectivity index (χ0v) is 12.3. The van der Waals surface area contributed by atoms with Crippen LogP contribution in [0, 0.1) is 0 Å². The van der Waals surface area contributed by atoms with Gasteiger partial charge in [0.1, 0.15) is 0 Å². The average Bonchev–Trinajstić information content (AvgIpc) is 2.57. The average molecular weight is 292 g/mol. The molecule has 0 amide bonds. The first kappa shape index (κ1) is 14.1. The Hall–Kier alpha value is -2.81. The molecule has 0 aliphatic rings. The van der Waals surface area contributed by atoms with Crippen LogP contribution in [0.2, 0.25) is 0 Å². The van der Waals surface area contributed by atoms with Crippen molar-refractivity contribution in [2.45, 2.75) is 6.92 Å². The van der Waals surface area contributed by atoms with Gasteiger partial charge in [0, 0.05) is 0 Å². The monoisotopic (exact) mass is 292 g/mol. The van der Waals surface area contributed by atoms with E-state index >= 15 is 0 Å². The number of rotatable bonds is 4. The fraction of sp³-hybridized carbons (Fsp3) is 0.105. The Kier molecular flexibility index (Phi) is 4.05. The second kappa shape index (κ2) is 6.31. The van der Waals surface area contributed by atoms with Crippen molar-refractivity contribution in [3.8, 4) is 28.2 Å². The van der Waals surface area contributed by atoms with Gasteiger partial charge in [0.25, 0.3) is 5.95 Å². The summed E-state index contributed by atoms with van der Waals surface area (Å²) in [5.41, 5.74) is 2.70. The summed E-state index contributed by atoms with van der Waals surface area (Å²) < 4.78 is 10.9. The van der Waals surface area contributed by atoms with Gasteiger partial charge in [-0.15, -0.1) is 0 Å². The van der Waals surface area contributed by atoms with Crippen LogP contribution in [0.25, 0.3) is 22.3 Å². The molecule has 0 radical (unpaired) electrons. The Morgan fingerprint density at radius 1 is 0.864 bits per heavy atom. The van der Waals surface area contributed by atoms with Crippen molar-refractivity contribution in [2.24, 2.45) is 0 Å². The third-order valence-corrected chi connectivity index (χ3v) is 3.36. The van der Waals surface area contributed by atoms with Crippen molar-refractivity contribution in [1.29, 1.82) is 0 Å². The van der Waals surface area contributed by atoms with Gasteiger partial charge in [0.2, 0.25) is 0 Å². The van der Waals surface area contributed by atoms with Gasteiger partial charge < -0.3 is 9.15 Å². The molecular formula is C19H16O3. The number of hydrogen-bond acceptors (Lipinski definition) is 3. The minimum atomic E-state index is -0.394. The van der Waals surface area contributed by atoms with Crippen LogP contribution in [0.4, 0.5) is 0 Å². The molecule has 0 aliphatic heterocycles. The summed E-state index contributed by atoms with van der Waals surface area (Å²) in [6.45, 7) is 2.30.